The molecule has 0 unspecified atom stereocenters. The Kier molecular flexibility index (Phi) is 14.6. The number of ether oxygens (including phenoxy) is 6. The Morgan fingerprint density at radius 2 is 1.00 bits per heavy atom. The van der Waals surface area contributed by atoms with Gasteiger partial charge in [0.25, 0.3) is 0 Å². The Morgan fingerprint density at radius 3 is 1.32 bits per heavy atom. The third-order valence-electron chi connectivity index (χ3n) is 4.45. The van der Waals surface area contributed by atoms with Gasteiger partial charge < -0.3 is 44.0 Å². The number of rotatable bonds is 14. The Hall–Kier alpha value is -3.95. The lowest BCUT2D eigenvalue weighted by atomic mass is 10.2. The Labute approximate surface area is 230 Å². The van der Waals surface area contributed by atoms with Crippen molar-refractivity contribution in [3.63, 3.8) is 0 Å². The van der Waals surface area contributed by atoms with Gasteiger partial charge in [-0.25, -0.2) is 33.6 Å². The molecule has 0 bridgehead atoms. The van der Waals surface area contributed by atoms with Crippen molar-refractivity contribution in [3.05, 3.63) is 0 Å². The normalized spacial score (nSPS) is 15.5. The van der Waals surface area contributed by atoms with Gasteiger partial charge in [0, 0.05) is 13.0 Å². The molecule has 0 radical (unpaired) electrons. The number of aliphatic carboxylic acids is 1. The SMILES string of the molecule is C[C@H](O)C(=O)O[C@@H](C)C(=O)O[C@@H](C)C(=O)O[C@@H](C)C(=O)O[C@@H](C)C(=O)O[C@@H](CCNC(=O)OC(C)(C)C)C(=O)O. The molecule has 0 saturated heterocycles. The summed E-state index contributed by atoms with van der Waals surface area (Å²) >= 11 is 0. The number of nitrogens with one attached hydrogen (secondary N) is 1. The fourth-order valence-corrected chi connectivity index (χ4v) is 2.36. The number of alkyl carbamates (subject to hydrolysis) is 1. The van der Waals surface area contributed by atoms with E-state index in [0.29, 0.717) is 0 Å². The summed E-state index contributed by atoms with van der Waals surface area (Å²) in [6.07, 6.45) is -10.5. The third-order valence-corrected chi connectivity index (χ3v) is 4.45. The molecule has 0 saturated carbocycles. The van der Waals surface area contributed by atoms with Gasteiger partial charge in [0.1, 0.15) is 11.7 Å². The quantitative estimate of drug-likeness (QED) is 0.182. The number of carbonyl (C=O) groups excluding carboxylic acids is 6. The molecular formula is C24H37NO15. The lowest BCUT2D eigenvalue weighted by Crippen LogP contribution is -2.40. The van der Waals surface area contributed by atoms with E-state index < -0.39 is 84.1 Å². The number of hydrogen-bond acceptors (Lipinski definition) is 14. The van der Waals surface area contributed by atoms with Gasteiger partial charge in [-0.1, -0.05) is 0 Å². The minimum absolute atomic E-state index is 0.204. The van der Waals surface area contributed by atoms with Crippen molar-refractivity contribution in [1.29, 1.82) is 0 Å². The van der Waals surface area contributed by atoms with Crippen LogP contribution in [-0.2, 0) is 57.2 Å². The summed E-state index contributed by atoms with van der Waals surface area (Å²) in [6, 6.07) is 0. The fourth-order valence-electron chi connectivity index (χ4n) is 2.36. The summed E-state index contributed by atoms with van der Waals surface area (Å²) in [7, 11) is 0. The first-order valence-corrected chi connectivity index (χ1v) is 12.1. The molecule has 0 aromatic carbocycles. The molecule has 16 nitrogen and oxygen atoms in total. The highest BCUT2D eigenvalue weighted by Crippen LogP contribution is 2.09. The molecule has 0 fully saturated rings. The van der Waals surface area contributed by atoms with Crippen LogP contribution in [0.25, 0.3) is 0 Å². The van der Waals surface area contributed by atoms with Crippen molar-refractivity contribution in [3.8, 4) is 0 Å². The van der Waals surface area contributed by atoms with Crippen molar-refractivity contribution >= 4 is 41.9 Å². The topological polar surface area (TPSA) is 227 Å². The van der Waals surface area contributed by atoms with Gasteiger partial charge in [-0.3, -0.25) is 0 Å². The Morgan fingerprint density at radius 1 is 0.650 bits per heavy atom. The van der Waals surface area contributed by atoms with Gasteiger partial charge in [0.15, 0.2) is 24.4 Å². The predicted octanol–water partition coefficient (Wildman–Crippen LogP) is 0.00520. The molecule has 0 aliphatic carbocycles. The van der Waals surface area contributed by atoms with Crippen LogP contribution in [0.2, 0.25) is 0 Å². The zero-order valence-electron chi connectivity index (χ0n) is 23.6. The standard InChI is InChI=1S/C24H37NO15/c1-11(26)18(29)35-12(2)19(30)36-13(3)20(31)37-14(4)21(32)38-15(5)22(33)39-16(17(27)28)9-10-25-23(34)40-24(6,7)8/h11-16,26H,9-10H2,1-8H3,(H,25,34)(H,27,28)/t11-,12-,13-,14-,15-,16-/m0/s1. The minimum Gasteiger partial charge on any atom is -0.479 e. The lowest BCUT2D eigenvalue weighted by Gasteiger charge is -2.21. The molecule has 6 atom stereocenters. The van der Waals surface area contributed by atoms with Gasteiger partial charge in [0.05, 0.1) is 0 Å². The molecule has 0 aliphatic heterocycles. The zero-order valence-corrected chi connectivity index (χ0v) is 23.6. The van der Waals surface area contributed by atoms with E-state index >= 15 is 0 Å². The summed E-state index contributed by atoms with van der Waals surface area (Å²) < 4.78 is 29.0. The summed E-state index contributed by atoms with van der Waals surface area (Å²) in [5, 5.41) is 20.7. The smallest absolute Gasteiger partial charge is 0.407 e. The van der Waals surface area contributed by atoms with Gasteiger partial charge >= 0.3 is 41.9 Å². The second kappa shape index (κ2) is 16.2. The maximum atomic E-state index is 12.2. The molecule has 40 heavy (non-hydrogen) atoms. The second-order valence-corrected chi connectivity index (χ2v) is 9.47. The van der Waals surface area contributed by atoms with E-state index in [4.69, 9.17) is 28.8 Å². The van der Waals surface area contributed by atoms with Crippen LogP contribution in [0.1, 0.15) is 61.8 Å². The number of carboxylic acids is 1. The highest BCUT2D eigenvalue weighted by atomic mass is 16.6. The van der Waals surface area contributed by atoms with Crippen LogP contribution in [0.5, 0.6) is 0 Å². The molecule has 1 amide bonds. The lowest BCUT2D eigenvalue weighted by molar-refractivity contribution is -0.187. The maximum absolute atomic E-state index is 12.2. The van der Waals surface area contributed by atoms with E-state index in [-0.39, 0.29) is 13.0 Å². The number of carboxylic acid groups (broad SMARTS) is 1. The highest BCUT2D eigenvalue weighted by Gasteiger charge is 2.32. The highest BCUT2D eigenvalue weighted by molar-refractivity contribution is 5.86. The molecule has 228 valence electrons. The van der Waals surface area contributed by atoms with Gasteiger partial charge in [-0.15, -0.1) is 0 Å². The molecule has 0 aromatic heterocycles. The number of aliphatic hydroxyl groups excluding tert-OH is 1. The minimum atomic E-state index is -1.68. The third kappa shape index (κ3) is 14.3. The predicted molar refractivity (Wildman–Crippen MR) is 130 cm³/mol. The Bertz CT molecular complexity index is 939. The van der Waals surface area contributed by atoms with Gasteiger partial charge in [0.2, 0.25) is 6.10 Å². The number of hydrogen-bond donors (Lipinski definition) is 3. The molecule has 0 aliphatic rings. The van der Waals surface area contributed by atoms with Crippen molar-refractivity contribution < 1.29 is 72.2 Å². The van der Waals surface area contributed by atoms with E-state index in [9.17, 15) is 38.7 Å². The van der Waals surface area contributed by atoms with E-state index in [1.807, 2.05) is 0 Å². The second-order valence-electron chi connectivity index (χ2n) is 9.47. The van der Waals surface area contributed by atoms with Gasteiger partial charge in [-0.2, -0.15) is 0 Å². The van der Waals surface area contributed by atoms with E-state index in [0.717, 1.165) is 34.6 Å². The molecule has 16 heteroatoms. The van der Waals surface area contributed by atoms with Crippen molar-refractivity contribution in [1.82, 2.24) is 5.32 Å². The van der Waals surface area contributed by atoms with Gasteiger partial charge in [-0.05, 0) is 55.4 Å². The summed E-state index contributed by atoms with van der Waals surface area (Å²) in [5.41, 5.74) is -0.773. The maximum Gasteiger partial charge on any atom is 0.407 e. The number of esters is 5. The van der Waals surface area contributed by atoms with Crippen LogP contribution in [-0.4, -0.2) is 101 Å². The van der Waals surface area contributed by atoms with E-state index in [2.05, 4.69) is 10.1 Å². The van der Waals surface area contributed by atoms with Crippen LogP contribution in [0.15, 0.2) is 0 Å². The van der Waals surface area contributed by atoms with Crippen LogP contribution >= 0.6 is 0 Å². The van der Waals surface area contributed by atoms with E-state index in [1.54, 1.807) is 20.8 Å². The summed E-state index contributed by atoms with van der Waals surface area (Å²) in [4.78, 5) is 83.0. The van der Waals surface area contributed by atoms with Crippen LogP contribution in [0.4, 0.5) is 4.79 Å². The average molecular weight is 580 g/mol. The number of amides is 1. The zero-order chi connectivity index (χ0) is 31.4. The molecule has 0 heterocycles. The molecule has 0 aromatic rings. The Balaban J connectivity index is 4.78. The molecule has 3 N–H and O–H groups in total. The fraction of sp³-hybridized carbons (Fsp3) is 0.708. The molecular weight excluding hydrogens is 542 g/mol. The van der Waals surface area contributed by atoms with Crippen LogP contribution in [0, 0.1) is 0 Å². The monoisotopic (exact) mass is 579 g/mol. The summed E-state index contributed by atoms with van der Waals surface area (Å²) in [5.74, 6) is -7.33. The first-order chi connectivity index (χ1) is 18.2. The first kappa shape index (κ1) is 36.0. The van der Waals surface area contributed by atoms with Crippen molar-refractivity contribution in [2.45, 2.75) is 104 Å². The molecule has 0 rings (SSSR count). The van der Waals surface area contributed by atoms with Crippen molar-refractivity contribution in [2.75, 3.05) is 6.54 Å². The van der Waals surface area contributed by atoms with Crippen LogP contribution < -0.4 is 5.32 Å². The van der Waals surface area contributed by atoms with Crippen molar-refractivity contribution in [2.24, 2.45) is 0 Å². The largest absolute Gasteiger partial charge is 0.479 e. The number of carbonyl (C=O) groups is 7. The average Bonchev–Trinajstić information content (AvgIpc) is 2.81. The molecule has 0 spiro atoms. The van der Waals surface area contributed by atoms with E-state index in [1.165, 1.54) is 0 Å². The summed E-state index contributed by atoms with van der Waals surface area (Å²) in [6.45, 7) is 10.3. The first-order valence-electron chi connectivity index (χ1n) is 12.1. The number of aliphatic hydroxyl groups is 1. The van der Waals surface area contributed by atoms with Crippen LogP contribution in [0.3, 0.4) is 0 Å².